The maximum absolute atomic E-state index is 12.6. The van der Waals surface area contributed by atoms with Crippen LogP contribution in [0.3, 0.4) is 0 Å². The minimum Gasteiger partial charge on any atom is -0.324 e. The minimum atomic E-state index is -0.0299. The molecule has 1 amide bonds. The van der Waals surface area contributed by atoms with E-state index in [1.807, 2.05) is 38.1 Å². The Kier molecular flexibility index (Phi) is 6.65. The van der Waals surface area contributed by atoms with Crippen LogP contribution in [0, 0.1) is 13.8 Å². The number of nitrogens with one attached hydrogen (secondary N) is 2. The van der Waals surface area contributed by atoms with Crippen molar-refractivity contribution >= 4 is 22.9 Å². The molecule has 0 aliphatic carbocycles. The summed E-state index contributed by atoms with van der Waals surface area (Å²) in [6.07, 6.45) is 0. The van der Waals surface area contributed by atoms with Crippen LogP contribution in [0.25, 0.3) is 0 Å². The van der Waals surface area contributed by atoms with Gasteiger partial charge < -0.3 is 5.32 Å². The Morgan fingerprint density at radius 3 is 2.14 bits per heavy atom. The Labute approximate surface area is 171 Å². The van der Waals surface area contributed by atoms with Gasteiger partial charge in [0.2, 0.25) is 5.91 Å². The number of aryl methyl sites for hydroxylation is 2. The fourth-order valence-electron chi connectivity index (χ4n) is 3.30. The van der Waals surface area contributed by atoms with E-state index in [1.54, 1.807) is 11.3 Å². The van der Waals surface area contributed by atoms with Crippen molar-refractivity contribution in [1.29, 1.82) is 0 Å². The number of hydrogen-bond donors (Lipinski definition) is 2. The first-order valence-corrected chi connectivity index (χ1v) is 10.6. The lowest BCUT2D eigenvalue weighted by molar-refractivity contribution is -0.115. The van der Waals surface area contributed by atoms with Crippen molar-refractivity contribution in [2.24, 2.45) is 0 Å². The molecule has 146 valence electrons. The first-order chi connectivity index (χ1) is 13.5. The zero-order valence-electron chi connectivity index (χ0n) is 17.0. The smallest absolute Gasteiger partial charge is 0.238 e. The van der Waals surface area contributed by atoms with E-state index in [4.69, 9.17) is 0 Å². The Hall–Kier alpha value is -2.43. The summed E-state index contributed by atoms with van der Waals surface area (Å²) in [5.41, 5.74) is 5.55. The highest BCUT2D eigenvalue weighted by atomic mass is 32.1. The number of amides is 1. The molecule has 0 saturated carbocycles. The van der Waals surface area contributed by atoms with Crippen molar-refractivity contribution in [2.75, 3.05) is 11.9 Å². The molecule has 1 aromatic heterocycles. The molecule has 0 radical (unpaired) electrons. The van der Waals surface area contributed by atoms with E-state index >= 15 is 0 Å². The normalized spacial score (nSPS) is 12.2. The molecule has 3 rings (SSSR count). The van der Waals surface area contributed by atoms with Gasteiger partial charge in [-0.2, -0.15) is 0 Å². The largest absolute Gasteiger partial charge is 0.324 e. The van der Waals surface area contributed by atoms with Crippen LogP contribution < -0.4 is 10.6 Å². The molecule has 3 aromatic rings. The molecule has 0 bridgehead atoms. The lowest BCUT2D eigenvalue weighted by atomic mass is 9.98. The van der Waals surface area contributed by atoms with Gasteiger partial charge >= 0.3 is 0 Å². The average molecular weight is 393 g/mol. The van der Waals surface area contributed by atoms with Gasteiger partial charge in [-0.1, -0.05) is 62.4 Å². The highest BCUT2D eigenvalue weighted by Gasteiger charge is 2.17. The molecule has 1 atom stereocenters. The van der Waals surface area contributed by atoms with Crippen molar-refractivity contribution in [2.45, 2.75) is 39.7 Å². The third-order valence-corrected chi connectivity index (χ3v) is 5.91. The molecular weight excluding hydrogens is 364 g/mol. The van der Waals surface area contributed by atoms with Gasteiger partial charge in [0.25, 0.3) is 0 Å². The second-order valence-corrected chi connectivity index (χ2v) is 8.44. The minimum absolute atomic E-state index is 0.00456. The van der Waals surface area contributed by atoms with Gasteiger partial charge in [0.1, 0.15) is 0 Å². The van der Waals surface area contributed by atoms with Crippen molar-refractivity contribution < 1.29 is 4.79 Å². The summed E-state index contributed by atoms with van der Waals surface area (Å²) in [7, 11) is 0. The van der Waals surface area contributed by atoms with E-state index in [-0.39, 0.29) is 18.5 Å². The second-order valence-electron chi connectivity index (χ2n) is 7.47. The van der Waals surface area contributed by atoms with Crippen LogP contribution in [-0.2, 0) is 4.79 Å². The number of benzene rings is 2. The van der Waals surface area contributed by atoms with E-state index in [9.17, 15) is 4.79 Å². The second kappa shape index (κ2) is 9.18. The zero-order chi connectivity index (χ0) is 20.1. The van der Waals surface area contributed by atoms with Gasteiger partial charge in [0.15, 0.2) is 0 Å². The summed E-state index contributed by atoms with van der Waals surface area (Å²) in [5, 5.41) is 8.57. The number of rotatable bonds is 7. The van der Waals surface area contributed by atoms with E-state index in [0.717, 1.165) is 16.8 Å². The Morgan fingerprint density at radius 2 is 1.57 bits per heavy atom. The number of carbonyl (C=O) groups is 1. The zero-order valence-corrected chi connectivity index (χ0v) is 17.8. The number of para-hydroxylation sites is 1. The summed E-state index contributed by atoms with van der Waals surface area (Å²) >= 11 is 1.70. The number of carbonyl (C=O) groups excluding carboxylic acids is 1. The third kappa shape index (κ3) is 4.89. The highest BCUT2D eigenvalue weighted by molar-refractivity contribution is 7.10. The van der Waals surface area contributed by atoms with Crippen molar-refractivity contribution in [1.82, 2.24) is 5.32 Å². The third-order valence-electron chi connectivity index (χ3n) is 4.98. The molecule has 0 aliphatic rings. The Morgan fingerprint density at radius 1 is 0.929 bits per heavy atom. The van der Waals surface area contributed by atoms with Crippen LogP contribution in [0.15, 0.2) is 60.0 Å². The predicted octanol–water partition coefficient (Wildman–Crippen LogP) is 5.81. The first-order valence-electron chi connectivity index (χ1n) is 9.68. The quantitative estimate of drug-likeness (QED) is 0.533. The van der Waals surface area contributed by atoms with Crippen LogP contribution in [0.1, 0.15) is 52.9 Å². The van der Waals surface area contributed by atoms with Crippen LogP contribution in [-0.4, -0.2) is 12.5 Å². The van der Waals surface area contributed by atoms with Crippen LogP contribution >= 0.6 is 11.3 Å². The number of thiophene rings is 1. The fraction of sp³-hybridized carbons (Fsp3) is 0.292. The first kappa shape index (κ1) is 20.3. The van der Waals surface area contributed by atoms with Gasteiger partial charge in [-0.15, -0.1) is 11.3 Å². The molecule has 0 fully saturated rings. The average Bonchev–Trinajstić information content (AvgIpc) is 3.20. The predicted molar refractivity (Wildman–Crippen MR) is 119 cm³/mol. The van der Waals surface area contributed by atoms with Crippen molar-refractivity contribution in [3.05, 3.63) is 87.1 Å². The van der Waals surface area contributed by atoms with Crippen LogP contribution in [0.4, 0.5) is 5.69 Å². The molecule has 3 nitrogen and oxygen atoms in total. The molecule has 28 heavy (non-hydrogen) atoms. The molecular formula is C24H28N2OS. The molecule has 0 saturated heterocycles. The Bertz CT molecular complexity index is 894. The van der Waals surface area contributed by atoms with Crippen LogP contribution in [0.2, 0.25) is 0 Å². The van der Waals surface area contributed by atoms with Gasteiger partial charge in [-0.25, -0.2) is 0 Å². The van der Waals surface area contributed by atoms with Crippen molar-refractivity contribution in [3.8, 4) is 0 Å². The summed E-state index contributed by atoms with van der Waals surface area (Å²) in [4.78, 5) is 13.8. The summed E-state index contributed by atoms with van der Waals surface area (Å²) < 4.78 is 0. The topological polar surface area (TPSA) is 41.1 Å². The maximum atomic E-state index is 12.6. The SMILES string of the molecule is Cc1cccc(C)c1NC(=O)CNC(c1ccc(C(C)C)cc1)c1cccs1. The summed E-state index contributed by atoms with van der Waals surface area (Å²) in [6, 6.07) is 18.9. The number of hydrogen-bond acceptors (Lipinski definition) is 3. The monoisotopic (exact) mass is 392 g/mol. The molecule has 0 spiro atoms. The van der Waals surface area contributed by atoms with E-state index in [2.05, 4.69) is 60.2 Å². The van der Waals surface area contributed by atoms with Gasteiger partial charge in [-0.3, -0.25) is 10.1 Å². The fourth-order valence-corrected chi connectivity index (χ4v) is 4.13. The molecule has 2 aromatic carbocycles. The molecule has 2 N–H and O–H groups in total. The summed E-state index contributed by atoms with van der Waals surface area (Å²) in [6.45, 7) is 8.67. The molecule has 1 unspecified atom stereocenters. The number of anilines is 1. The van der Waals surface area contributed by atoms with Crippen molar-refractivity contribution in [3.63, 3.8) is 0 Å². The van der Waals surface area contributed by atoms with E-state index in [0.29, 0.717) is 5.92 Å². The maximum Gasteiger partial charge on any atom is 0.238 e. The Balaban J connectivity index is 1.73. The summed E-state index contributed by atoms with van der Waals surface area (Å²) in [5.74, 6) is 0.475. The van der Waals surface area contributed by atoms with E-state index in [1.165, 1.54) is 16.0 Å². The van der Waals surface area contributed by atoms with Gasteiger partial charge in [-0.05, 0) is 53.5 Å². The molecule has 0 aliphatic heterocycles. The van der Waals surface area contributed by atoms with Gasteiger partial charge in [0, 0.05) is 10.6 Å². The van der Waals surface area contributed by atoms with Gasteiger partial charge in [0.05, 0.1) is 12.6 Å². The standard InChI is InChI=1S/C24H28N2OS/c1-16(2)19-10-12-20(13-11-19)24(21-9-6-14-28-21)25-15-22(27)26-23-17(3)7-5-8-18(23)4/h5-14,16,24-25H,15H2,1-4H3,(H,26,27). The van der Waals surface area contributed by atoms with Crippen LogP contribution in [0.5, 0.6) is 0 Å². The molecule has 4 heteroatoms. The lowest BCUT2D eigenvalue weighted by Gasteiger charge is -2.19. The molecule has 1 heterocycles. The lowest BCUT2D eigenvalue weighted by Crippen LogP contribution is -2.32. The van der Waals surface area contributed by atoms with E-state index < -0.39 is 0 Å². The highest BCUT2D eigenvalue weighted by Crippen LogP contribution is 2.27.